The van der Waals surface area contributed by atoms with Gasteiger partial charge in [-0.25, -0.2) is 4.79 Å². The van der Waals surface area contributed by atoms with Gasteiger partial charge >= 0.3 is 12.0 Å². The van der Waals surface area contributed by atoms with Gasteiger partial charge in [0.1, 0.15) is 0 Å². The Labute approximate surface area is 181 Å². The summed E-state index contributed by atoms with van der Waals surface area (Å²) < 4.78 is 4.99. The van der Waals surface area contributed by atoms with Crippen LogP contribution < -0.4 is 16.0 Å². The molecule has 0 fully saturated rings. The van der Waals surface area contributed by atoms with Crippen molar-refractivity contribution >= 4 is 23.8 Å². The highest BCUT2D eigenvalue weighted by Crippen LogP contribution is 2.18. The van der Waals surface area contributed by atoms with Crippen molar-refractivity contribution in [2.24, 2.45) is 0 Å². The van der Waals surface area contributed by atoms with Crippen LogP contribution in [-0.4, -0.2) is 36.5 Å². The van der Waals surface area contributed by atoms with Gasteiger partial charge in [-0.1, -0.05) is 55.5 Å². The Balaban J connectivity index is 1.93. The molecule has 0 aliphatic carbocycles. The second-order valence-corrected chi connectivity index (χ2v) is 7.00. The summed E-state index contributed by atoms with van der Waals surface area (Å²) in [7, 11) is 0. The van der Waals surface area contributed by atoms with Gasteiger partial charge in [-0.15, -0.1) is 0 Å². The van der Waals surface area contributed by atoms with Crippen LogP contribution >= 0.6 is 0 Å². The fourth-order valence-electron chi connectivity index (χ4n) is 2.66. The van der Waals surface area contributed by atoms with E-state index in [9.17, 15) is 19.2 Å². The molecule has 0 heterocycles. The molecule has 0 saturated carbocycles. The first-order chi connectivity index (χ1) is 14.9. The smallest absolute Gasteiger partial charge is 0.321 e. The zero-order valence-electron chi connectivity index (χ0n) is 17.6. The van der Waals surface area contributed by atoms with Crippen LogP contribution in [0.5, 0.6) is 0 Å². The molecule has 2 atom stereocenters. The van der Waals surface area contributed by atoms with E-state index in [2.05, 4.69) is 16.0 Å². The third kappa shape index (κ3) is 8.30. The zero-order valence-corrected chi connectivity index (χ0v) is 17.6. The molecule has 2 aromatic rings. The molecule has 0 aromatic heterocycles. The van der Waals surface area contributed by atoms with E-state index in [0.717, 1.165) is 5.56 Å². The van der Waals surface area contributed by atoms with E-state index in [4.69, 9.17) is 4.74 Å². The maximum Gasteiger partial charge on any atom is 0.321 e. The first-order valence-electron chi connectivity index (χ1n) is 10.1. The van der Waals surface area contributed by atoms with Gasteiger partial charge < -0.3 is 15.4 Å². The lowest BCUT2D eigenvalue weighted by molar-refractivity contribution is -0.148. The molecule has 0 radical (unpaired) electrons. The molecule has 164 valence electrons. The summed E-state index contributed by atoms with van der Waals surface area (Å²) in [6.45, 7) is 3.10. The molecule has 4 amide bonds. The number of hydrogen-bond donors (Lipinski definition) is 3. The van der Waals surface area contributed by atoms with E-state index >= 15 is 0 Å². The lowest BCUT2D eigenvalue weighted by Crippen LogP contribution is -2.44. The third-order valence-electron chi connectivity index (χ3n) is 4.52. The van der Waals surface area contributed by atoms with Crippen molar-refractivity contribution in [3.8, 4) is 0 Å². The van der Waals surface area contributed by atoms with Crippen molar-refractivity contribution in [1.82, 2.24) is 16.0 Å². The van der Waals surface area contributed by atoms with Crippen LogP contribution in [0.2, 0.25) is 0 Å². The van der Waals surface area contributed by atoms with Crippen LogP contribution in [0.3, 0.4) is 0 Å². The molecule has 0 unspecified atom stereocenters. The van der Waals surface area contributed by atoms with E-state index in [-0.39, 0.29) is 18.4 Å². The van der Waals surface area contributed by atoms with Gasteiger partial charge in [0.05, 0.1) is 12.5 Å². The van der Waals surface area contributed by atoms with Crippen molar-refractivity contribution in [2.75, 3.05) is 6.61 Å². The highest BCUT2D eigenvalue weighted by atomic mass is 16.5. The molecular weight excluding hydrogens is 398 g/mol. The molecular formula is C23H27N3O5. The van der Waals surface area contributed by atoms with Crippen molar-refractivity contribution in [1.29, 1.82) is 0 Å². The zero-order chi connectivity index (χ0) is 22.6. The molecule has 8 heteroatoms. The Morgan fingerprint density at radius 3 is 2.13 bits per heavy atom. The Bertz CT molecular complexity index is 887. The molecule has 0 aliphatic rings. The lowest BCUT2D eigenvalue weighted by atomic mass is 10.0. The van der Waals surface area contributed by atoms with Crippen LogP contribution in [0, 0.1) is 0 Å². The van der Waals surface area contributed by atoms with Crippen molar-refractivity contribution in [3.63, 3.8) is 0 Å². The predicted molar refractivity (Wildman–Crippen MR) is 115 cm³/mol. The van der Waals surface area contributed by atoms with Gasteiger partial charge in [0.15, 0.2) is 6.61 Å². The minimum atomic E-state index is -0.737. The van der Waals surface area contributed by atoms with E-state index in [1.54, 1.807) is 61.5 Å². The lowest BCUT2D eigenvalue weighted by Gasteiger charge is -2.19. The number of urea groups is 1. The summed E-state index contributed by atoms with van der Waals surface area (Å²) in [6, 6.07) is 16.3. The number of esters is 1. The van der Waals surface area contributed by atoms with E-state index in [0.29, 0.717) is 12.0 Å². The maximum absolute atomic E-state index is 12.5. The number of amides is 4. The molecule has 3 N–H and O–H groups in total. The largest absolute Gasteiger partial charge is 0.455 e. The van der Waals surface area contributed by atoms with E-state index in [1.807, 2.05) is 13.0 Å². The minimum Gasteiger partial charge on any atom is -0.455 e. The molecule has 31 heavy (non-hydrogen) atoms. The number of carbonyl (C=O) groups is 4. The molecule has 0 spiro atoms. The molecule has 0 bridgehead atoms. The Hall–Kier alpha value is -3.68. The Kier molecular flexibility index (Phi) is 9.22. The van der Waals surface area contributed by atoms with E-state index < -0.39 is 30.6 Å². The van der Waals surface area contributed by atoms with Crippen LogP contribution in [0.15, 0.2) is 60.7 Å². The normalized spacial score (nSPS) is 12.2. The van der Waals surface area contributed by atoms with Crippen LogP contribution in [0.25, 0.3) is 0 Å². The summed E-state index contributed by atoms with van der Waals surface area (Å²) in [4.78, 5) is 48.3. The number of benzene rings is 2. The predicted octanol–water partition coefficient (Wildman–Crippen LogP) is 2.72. The fraction of sp³-hybridized carbons (Fsp3) is 0.304. The van der Waals surface area contributed by atoms with Crippen LogP contribution in [-0.2, 0) is 14.3 Å². The minimum absolute atomic E-state index is 0.0878. The van der Waals surface area contributed by atoms with Crippen LogP contribution in [0.4, 0.5) is 4.79 Å². The Morgan fingerprint density at radius 2 is 1.52 bits per heavy atom. The van der Waals surface area contributed by atoms with Crippen molar-refractivity contribution in [2.45, 2.75) is 38.8 Å². The number of ether oxygens (including phenoxy) is 1. The third-order valence-corrected chi connectivity index (χ3v) is 4.52. The molecule has 8 nitrogen and oxygen atoms in total. The van der Waals surface area contributed by atoms with Crippen molar-refractivity contribution < 1.29 is 23.9 Å². The monoisotopic (exact) mass is 425 g/mol. The summed E-state index contributed by atoms with van der Waals surface area (Å²) in [5, 5.41) is 7.51. The standard InChI is InChI=1S/C23H27N3O5/c1-3-16(2)24-23(30)26-20(27)15-31-21(28)14-19(17-10-6-4-7-11-17)25-22(29)18-12-8-5-9-13-18/h4-13,16,19H,3,14-15H2,1-2H3,(H,25,29)(H2,24,26,27,30)/t16-,19+/m1/s1. The second kappa shape index (κ2) is 12.1. The fourth-order valence-corrected chi connectivity index (χ4v) is 2.66. The van der Waals surface area contributed by atoms with Gasteiger partial charge in [-0.2, -0.15) is 0 Å². The summed E-state index contributed by atoms with van der Waals surface area (Å²) in [6.07, 6.45) is 0.543. The quantitative estimate of drug-likeness (QED) is 0.535. The first kappa shape index (κ1) is 23.6. The summed E-state index contributed by atoms with van der Waals surface area (Å²) in [5.74, 6) is -1.75. The van der Waals surface area contributed by atoms with E-state index in [1.165, 1.54) is 0 Å². The van der Waals surface area contributed by atoms with Gasteiger partial charge in [-0.3, -0.25) is 19.7 Å². The number of imide groups is 1. The summed E-state index contributed by atoms with van der Waals surface area (Å²) in [5.41, 5.74) is 1.18. The summed E-state index contributed by atoms with van der Waals surface area (Å²) >= 11 is 0. The average Bonchev–Trinajstić information content (AvgIpc) is 2.78. The molecule has 0 aliphatic heterocycles. The first-order valence-corrected chi connectivity index (χ1v) is 10.1. The molecule has 2 rings (SSSR count). The van der Waals surface area contributed by atoms with Gasteiger partial charge in [0, 0.05) is 11.6 Å². The van der Waals surface area contributed by atoms with Crippen molar-refractivity contribution in [3.05, 3.63) is 71.8 Å². The highest BCUT2D eigenvalue weighted by Gasteiger charge is 2.21. The number of carbonyl (C=O) groups excluding carboxylic acids is 4. The number of rotatable bonds is 9. The van der Waals surface area contributed by atoms with Gasteiger partial charge in [0.2, 0.25) is 0 Å². The van der Waals surface area contributed by atoms with Gasteiger partial charge in [0.25, 0.3) is 11.8 Å². The Morgan fingerprint density at radius 1 is 0.903 bits per heavy atom. The molecule has 2 aromatic carbocycles. The molecule has 0 saturated heterocycles. The topological polar surface area (TPSA) is 114 Å². The van der Waals surface area contributed by atoms with Gasteiger partial charge in [-0.05, 0) is 31.0 Å². The number of hydrogen-bond acceptors (Lipinski definition) is 5. The SMILES string of the molecule is CC[C@@H](C)NC(=O)NC(=O)COC(=O)C[C@H](NC(=O)c1ccccc1)c1ccccc1. The number of nitrogens with one attached hydrogen (secondary N) is 3. The highest BCUT2D eigenvalue weighted by molar-refractivity contribution is 5.96. The average molecular weight is 425 g/mol. The second-order valence-electron chi connectivity index (χ2n) is 7.00. The maximum atomic E-state index is 12.5. The van der Waals surface area contributed by atoms with Crippen LogP contribution in [0.1, 0.15) is 48.7 Å².